The molecule has 3 rings (SSSR count). The molecule has 2 aromatic heterocycles. The monoisotopic (exact) mass is 280 g/mol. The van der Waals surface area contributed by atoms with Crippen molar-refractivity contribution in [3.05, 3.63) is 28.3 Å². The summed E-state index contributed by atoms with van der Waals surface area (Å²) in [5.74, 6) is 1.82. The fraction of sp³-hybridized carbons (Fsp3) is 0.417. The average Bonchev–Trinajstić information content (AvgIpc) is 2.84. The van der Waals surface area contributed by atoms with Crippen LogP contribution in [0, 0.1) is 6.92 Å². The van der Waals surface area contributed by atoms with Gasteiger partial charge in [0, 0.05) is 12.2 Å². The number of aryl methyl sites for hydroxylation is 1. The van der Waals surface area contributed by atoms with Gasteiger partial charge in [0.15, 0.2) is 10.5 Å². The molecule has 1 aliphatic heterocycles. The molecule has 0 aromatic carbocycles. The van der Waals surface area contributed by atoms with Gasteiger partial charge in [-0.2, -0.15) is 0 Å². The molecule has 1 aliphatic rings. The van der Waals surface area contributed by atoms with Crippen LogP contribution in [0.4, 0.5) is 0 Å². The number of imidazole rings is 1. The highest BCUT2D eigenvalue weighted by molar-refractivity contribution is 9.10. The van der Waals surface area contributed by atoms with Crippen LogP contribution in [0.15, 0.2) is 21.3 Å². The minimum atomic E-state index is 0.883. The zero-order chi connectivity index (χ0) is 11.1. The van der Waals surface area contributed by atoms with Gasteiger partial charge in [-0.3, -0.25) is 0 Å². The first-order valence-corrected chi connectivity index (χ1v) is 6.37. The number of aromatic nitrogens is 2. The zero-order valence-electron chi connectivity index (χ0n) is 9.16. The first-order valence-electron chi connectivity index (χ1n) is 5.57. The Morgan fingerprint density at radius 2 is 2.25 bits per heavy atom. The molecule has 0 amide bonds. The molecule has 0 aliphatic carbocycles. The van der Waals surface area contributed by atoms with Gasteiger partial charge in [-0.1, -0.05) is 0 Å². The number of fused-ring (bicyclic) bond motifs is 1. The quantitative estimate of drug-likeness (QED) is 0.800. The zero-order valence-corrected chi connectivity index (χ0v) is 10.7. The average molecular weight is 281 g/mol. The first kappa shape index (κ1) is 10.1. The predicted octanol–water partition coefficient (Wildman–Crippen LogP) is 3.55. The first-order chi connectivity index (χ1) is 7.75. The highest BCUT2D eigenvalue weighted by Crippen LogP contribution is 2.31. The van der Waals surface area contributed by atoms with Crippen LogP contribution in [0.1, 0.15) is 24.3 Å². The molecule has 0 atom stereocenters. The summed E-state index contributed by atoms with van der Waals surface area (Å²) in [5.41, 5.74) is 2.30. The predicted molar refractivity (Wildman–Crippen MR) is 65.3 cm³/mol. The summed E-state index contributed by atoms with van der Waals surface area (Å²) >= 11 is 3.52. The fourth-order valence-electron chi connectivity index (χ4n) is 2.26. The van der Waals surface area contributed by atoms with Gasteiger partial charge in [0.2, 0.25) is 0 Å². The van der Waals surface area contributed by atoms with E-state index in [-0.39, 0.29) is 0 Å². The van der Waals surface area contributed by atoms with Crippen LogP contribution in [-0.4, -0.2) is 9.55 Å². The summed E-state index contributed by atoms with van der Waals surface area (Å²) in [6.45, 7) is 3.02. The summed E-state index contributed by atoms with van der Waals surface area (Å²) in [6.07, 6.45) is 3.57. The number of hydrogen-bond donors (Lipinski definition) is 0. The lowest BCUT2D eigenvalue weighted by Gasteiger charge is -2.15. The van der Waals surface area contributed by atoms with Gasteiger partial charge in [0.1, 0.15) is 11.5 Å². The molecule has 0 fully saturated rings. The molecule has 84 valence electrons. The number of nitrogens with zero attached hydrogens (tertiary/aromatic N) is 2. The second kappa shape index (κ2) is 3.77. The van der Waals surface area contributed by atoms with Crippen molar-refractivity contribution in [3.8, 4) is 11.5 Å². The molecule has 0 spiro atoms. The third-order valence-electron chi connectivity index (χ3n) is 3.05. The highest BCUT2D eigenvalue weighted by atomic mass is 79.9. The van der Waals surface area contributed by atoms with Crippen LogP contribution < -0.4 is 0 Å². The number of hydrogen-bond acceptors (Lipinski definition) is 2. The van der Waals surface area contributed by atoms with Crippen LogP contribution in [-0.2, 0) is 13.0 Å². The van der Waals surface area contributed by atoms with E-state index in [2.05, 4.69) is 25.5 Å². The SMILES string of the molecule is Cc1ccc(-c2nc(Br)n3c2CCCC3)o1. The maximum Gasteiger partial charge on any atom is 0.178 e. The Morgan fingerprint density at radius 3 is 3.00 bits per heavy atom. The topological polar surface area (TPSA) is 31.0 Å². The molecule has 0 N–H and O–H groups in total. The Balaban J connectivity index is 2.14. The summed E-state index contributed by atoms with van der Waals surface area (Å²) < 4.78 is 8.82. The van der Waals surface area contributed by atoms with Gasteiger partial charge in [-0.05, 0) is 54.2 Å². The maximum absolute atomic E-state index is 5.65. The standard InChI is InChI=1S/C12H13BrN2O/c1-8-5-6-10(16-8)11-9-4-2-3-7-15(9)12(13)14-11/h5-6H,2-4,7H2,1H3. The van der Waals surface area contributed by atoms with Crippen molar-refractivity contribution in [2.45, 2.75) is 32.7 Å². The molecule has 0 bridgehead atoms. The van der Waals surface area contributed by atoms with Crippen LogP contribution in [0.3, 0.4) is 0 Å². The third kappa shape index (κ3) is 1.52. The molecule has 0 saturated carbocycles. The van der Waals surface area contributed by atoms with E-state index >= 15 is 0 Å². The number of halogens is 1. The third-order valence-corrected chi connectivity index (χ3v) is 3.65. The Bertz CT molecular complexity index is 527. The van der Waals surface area contributed by atoms with E-state index < -0.39 is 0 Å². The normalized spacial score (nSPS) is 15.1. The molecule has 3 nitrogen and oxygen atoms in total. The summed E-state index contributed by atoms with van der Waals surface area (Å²) in [6, 6.07) is 3.98. The molecule has 0 saturated heterocycles. The van der Waals surface area contributed by atoms with E-state index in [1.807, 2.05) is 19.1 Å². The Kier molecular flexibility index (Phi) is 2.39. The summed E-state index contributed by atoms with van der Waals surface area (Å²) in [4.78, 5) is 4.56. The van der Waals surface area contributed by atoms with E-state index in [4.69, 9.17) is 4.42 Å². The van der Waals surface area contributed by atoms with Crippen molar-refractivity contribution in [1.82, 2.24) is 9.55 Å². The van der Waals surface area contributed by atoms with Gasteiger partial charge in [0.05, 0.1) is 0 Å². The minimum absolute atomic E-state index is 0.883. The number of furan rings is 1. The van der Waals surface area contributed by atoms with Gasteiger partial charge in [-0.25, -0.2) is 4.98 Å². The van der Waals surface area contributed by atoms with Crippen molar-refractivity contribution >= 4 is 15.9 Å². The Hall–Kier alpha value is -1.03. The molecule has 16 heavy (non-hydrogen) atoms. The van der Waals surface area contributed by atoms with Crippen molar-refractivity contribution < 1.29 is 4.42 Å². The summed E-state index contributed by atoms with van der Waals surface area (Å²) in [5, 5.41) is 0. The molecule has 3 heterocycles. The summed E-state index contributed by atoms with van der Waals surface area (Å²) in [7, 11) is 0. The van der Waals surface area contributed by atoms with Crippen molar-refractivity contribution in [2.24, 2.45) is 0 Å². The Morgan fingerprint density at radius 1 is 1.38 bits per heavy atom. The van der Waals surface area contributed by atoms with Crippen LogP contribution >= 0.6 is 15.9 Å². The molecule has 2 aromatic rings. The molecular formula is C12H13BrN2O. The largest absolute Gasteiger partial charge is 0.460 e. The Labute approximate surface area is 103 Å². The van der Waals surface area contributed by atoms with E-state index in [1.54, 1.807) is 0 Å². The lowest BCUT2D eigenvalue weighted by molar-refractivity contribution is 0.520. The van der Waals surface area contributed by atoms with Crippen molar-refractivity contribution in [2.75, 3.05) is 0 Å². The minimum Gasteiger partial charge on any atom is -0.460 e. The lowest BCUT2D eigenvalue weighted by Crippen LogP contribution is -2.10. The molecule has 4 heteroatoms. The van der Waals surface area contributed by atoms with Gasteiger partial charge in [-0.15, -0.1) is 0 Å². The molecular weight excluding hydrogens is 268 g/mol. The van der Waals surface area contributed by atoms with Gasteiger partial charge < -0.3 is 8.98 Å². The van der Waals surface area contributed by atoms with Crippen molar-refractivity contribution in [1.29, 1.82) is 0 Å². The van der Waals surface area contributed by atoms with Gasteiger partial charge in [0.25, 0.3) is 0 Å². The molecule has 0 unspecified atom stereocenters. The van der Waals surface area contributed by atoms with Gasteiger partial charge >= 0.3 is 0 Å². The van der Waals surface area contributed by atoms with E-state index in [1.165, 1.54) is 18.5 Å². The fourth-order valence-corrected chi connectivity index (χ4v) is 2.83. The number of rotatable bonds is 1. The van der Waals surface area contributed by atoms with Crippen molar-refractivity contribution in [3.63, 3.8) is 0 Å². The van der Waals surface area contributed by atoms with E-state index in [0.717, 1.165) is 34.9 Å². The highest BCUT2D eigenvalue weighted by Gasteiger charge is 2.21. The second-order valence-corrected chi connectivity index (χ2v) is 4.90. The van der Waals surface area contributed by atoms with Crippen LogP contribution in [0.25, 0.3) is 11.5 Å². The lowest BCUT2D eigenvalue weighted by atomic mass is 10.1. The van der Waals surface area contributed by atoms with E-state index in [0.29, 0.717) is 0 Å². The maximum atomic E-state index is 5.65. The van der Waals surface area contributed by atoms with Crippen LogP contribution in [0.5, 0.6) is 0 Å². The smallest absolute Gasteiger partial charge is 0.178 e. The van der Waals surface area contributed by atoms with Crippen LogP contribution in [0.2, 0.25) is 0 Å². The molecule has 0 radical (unpaired) electrons. The van der Waals surface area contributed by atoms with E-state index in [9.17, 15) is 0 Å². The second-order valence-electron chi connectivity index (χ2n) is 4.20.